The van der Waals surface area contributed by atoms with Crippen LogP contribution >= 0.6 is 0 Å². The summed E-state index contributed by atoms with van der Waals surface area (Å²) in [7, 11) is 3.84. The first-order chi connectivity index (χ1) is 23.5. The number of hydroxylamine groups is 1. The Kier molecular flexibility index (Phi) is 8.13. The molecule has 1 saturated heterocycles. The Bertz CT molecular complexity index is 2070. The van der Waals surface area contributed by atoms with Crippen molar-refractivity contribution in [3.05, 3.63) is 74.8 Å². The van der Waals surface area contributed by atoms with E-state index in [0.717, 1.165) is 16.5 Å². The van der Waals surface area contributed by atoms with Gasteiger partial charge in [0.2, 0.25) is 5.95 Å². The maximum atomic E-state index is 13.7. The number of aliphatic hydroxyl groups is 1. The van der Waals surface area contributed by atoms with Gasteiger partial charge in [-0.1, -0.05) is 6.92 Å². The zero-order valence-corrected chi connectivity index (χ0v) is 27.4. The summed E-state index contributed by atoms with van der Waals surface area (Å²) in [5.41, 5.74) is 4.08. The van der Waals surface area contributed by atoms with E-state index >= 15 is 0 Å². The average Bonchev–Trinajstić information content (AvgIpc) is 3.47. The molecule has 0 spiro atoms. The molecule has 0 radical (unpaired) electrons. The number of piperazine rings is 1. The van der Waals surface area contributed by atoms with Crippen LogP contribution in [0.4, 0.5) is 10.7 Å². The molecule has 3 N–H and O–H groups in total. The normalized spacial score (nSPS) is 18.4. The number of amides is 2. The summed E-state index contributed by atoms with van der Waals surface area (Å²) in [6, 6.07) is 7.27. The van der Waals surface area contributed by atoms with Crippen molar-refractivity contribution in [3.63, 3.8) is 0 Å². The maximum absolute atomic E-state index is 13.7. The topological polar surface area (TPSA) is 183 Å². The molecule has 0 unspecified atom stereocenters. The lowest BCUT2D eigenvalue weighted by molar-refractivity contribution is -0.140. The van der Waals surface area contributed by atoms with Crippen molar-refractivity contribution in [1.29, 1.82) is 0 Å². The molecule has 4 aromatic rings. The van der Waals surface area contributed by atoms with Crippen LogP contribution in [0.25, 0.3) is 22.3 Å². The van der Waals surface area contributed by atoms with E-state index in [0.29, 0.717) is 85.4 Å². The summed E-state index contributed by atoms with van der Waals surface area (Å²) in [5.74, 6) is -0.162. The largest absolute Gasteiger partial charge is 0.415 e. The van der Waals surface area contributed by atoms with Gasteiger partial charge in [-0.05, 0) is 51.2 Å². The summed E-state index contributed by atoms with van der Waals surface area (Å²) in [4.78, 5) is 70.3. The third-order valence-corrected chi connectivity index (χ3v) is 9.63. The lowest BCUT2D eigenvalue weighted by Crippen LogP contribution is -2.50. The summed E-state index contributed by atoms with van der Waals surface area (Å²) >= 11 is 0. The monoisotopic (exact) mass is 668 g/mol. The first kappa shape index (κ1) is 32.3. The fourth-order valence-electron chi connectivity index (χ4n) is 6.96. The number of nitrogens with one attached hydrogen (secondary N) is 1. The molecule has 1 atom stereocenters. The van der Waals surface area contributed by atoms with Crippen molar-refractivity contribution in [1.82, 2.24) is 34.8 Å². The van der Waals surface area contributed by atoms with Crippen LogP contribution in [0.3, 0.4) is 0 Å². The van der Waals surface area contributed by atoms with Crippen molar-refractivity contribution in [2.45, 2.75) is 44.9 Å². The zero-order valence-electron chi connectivity index (χ0n) is 27.4. The van der Waals surface area contributed by atoms with Gasteiger partial charge < -0.3 is 29.1 Å². The minimum Gasteiger partial charge on any atom is -0.410 e. The quantitative estimate of drug-likeness (QED) is 0.177. The van der Waals surface area contributed by atoms with E-state index in [9.17, 15) is 24.3 Å². The number of pyridine rings is 2. The molecule has 2 amide bonds. The molecular weight excluding hydrogens is 632 g/mol. The first-order valence-corrected chi connectivity index (χ1v) is 16.1. The van der Waals surface area contributed by atoms with Crippen molar-refractivity contribution in [2.24, 2.45) is 0 Å². The molecule has 3 aromatic heterocycles. The predicted octanol–water partition coefficient (Wildman–Crippen LogP) is 1.83. The van der Waals surface area contributed by atoms with Gasteiger partial charge in [0.1, 0.15) is 11.4 Å². The second-order valence-electron chi connectivity index (χ2n) is 12.8. The number of nitrogens with zero attached hydrogens (tertiary/aromatic N) is 7. The number of carbonyl (C=O) groups excluding carboxylic acids is 3. The van der Waals surface area contributed by atoms with Crippen LogP contribution in [0, 0.1) is 0 Å². The minimum atomic E-state index is -1.69. The number of fused-ring (bicyclic) bond motifs is 5. The van der Waals surface area contributed by atoms with E-state index < -0.39 is 17.6 Å². The van der Waals surface area contributed by atoms with Gasteiger partial charge >= 0.3 is 6.09 Å². The molecule has 2 aliphatic heterocycles. The smallest absolute Gasteiger partial charge is 0.410 e. The van der Waals surface area contributed by atoms with Crippen LogP contribution in [0.15, 0.2) is 41.5 Å². The van der Waals surface area contributed by atoms with E-state index in [1.807, 2.05) is 30.0 Å². The number of carbonyl (C=O) groups is 3. The highest BCUT2D eigenvalue weighted by Gasteiger charge is 2.43. The standard InChI is InChI=1S/C34H36N8O7/c1-4-34(47)24-14-26-29-19(17-42(26)31(45)21(24)5-8-28(34)43)13-22-23(18-39(2)3)27(7-6-25(22)37-29)49-33(46)41-11-9-40(10-12-41)32-35-15-20(16-36-32)30(44)38-48/h6-7,13-16,47-48H,4-5,8-12,17-18H2,1-3H3,(H,38,44)/t34-/m0/s1. The predicted molar refractivity (Wildman–Crippen MR) is 177 cm³/mol. The Hall–Kier alpha value is -5.25. The number of ether oxygens (including phenoxy) is 1. The maximum Gasteiger partial charge on any atom is 0.415 e. The van der Waals surface area contributed by atoms with E-state index in [1.165, 1.54) is 12.4 Å². The number of Topliss-reactive ketones (excluding diaryl/α,β-unsaturated/α-hetero) is 1. The van der Waals surface area contributed by atoms with Gasteiger partial charge in [0.05, 0.1) is 29.0 Å². The molecular formula is C34H36N8O7. The van der Waals surface area contributed by atoms with Crippen LogP contribution in [0.2, 0.25) is 0 Å². The number of hydrogen-bond acceptors (Lipinski definition) is 12. The Balaban J connectivity index is 1.15. The number of hydrogen-bond donors (Lipinski definition) is 3. The Morgan fingerprint density at radius 1 is 1.06 bits per heavy atom. The third-order valence-electron chi connectivity index (χ3n) is 9.63. The minimum absolute atomic E-state index is 0.122. The second kappa shape index (κ2) is 12.3. The summed E-state index contributed by atoms with van der Waals surface area (Å²) in [5, 5.41) is 20.9. The van der Waals surface area contributed by atoms with Gasteiger partial charge in [0, 0.05) is 79.2 Å². The van der Waals surface area contributed by atoms with Crippen LogP contribution in [-0.4, -0.2) is 97.7 Å². The molecule has 49 heavy (non-hydrogen) atoms. The fraction of sp³-hybridized carbons (Fsp3) is 0.382. The fourth-order valence-corrected chi connectivity index (χ4v) is 6.96. The van der Waals surface area contributed by atoms with E-state index in [4.69, 9.17) is 14.9 Å². The highest BCUT2D eigenvalue weighted by atomic mass is 16.6. The molecule has 7 rings (SSSR count). The van der Waals surface area contributed by atoms with Crippen LogP contribution in [0.1, 0.15) is 52.4 Å². The molecule has 0 saturated carbocycles. The Labute approximate surface area is 280 Å². The Morgan fingerprint density at radius 2 is 1.80 bits per heavy atom. The van der Waals surface area contributed by atoms with Gasteiger partial charge in [-0.3, -0.25) is 19.6 Å². The molecule has 1 aromatic carbocycles. The lowest BCUT2D eigenvalue weighted by atomic mass is 9.77. The summed E-state index contributed by atoms with van der Waals surface area (Å²) < 4.78 is 7.67. The lowest BCUT2D eigenvalue weighted by Gasteiger charge is -2.34. The van der Waals surface area contributed by atoms with Gasteiger partial charge in [-0.15, -0.1) is 0 Å². The van der Waals surface area contributed by atoms with Gasteiger partial charge in [-0.2, -0.15) is 0 Å². The molecule has 15 nitrogen and oxygen atoms in total. The molecule has 0 bridgehead atoms. The average molecular weight is 669 g/mol. The van der Waals surface area contributed by atoms with Crippen molar-refractivity contribution in [3.8, 4) is 17.1 Å². The van der Waals surface area contributed by atoms with Gasteiger partial charge in [0.15, 0.2) is 5.78 Å². The van der Waals surface area contributed by atoms with Crippen LogP contribution in [0.5, 0.6) is 5.75 Å². The highest BCUT2D eigenvalue weighted by molar-refractivity contribution is 5.93. The molecule has 5 heterocycles. The second-order valence-corrected chi connectivity index (χ2v) is 12.8. The number of ketones is 1. The number of benzene rings is 1. The van der Waals surface area contributed by atoms with Crippen LogP contribution < -0.4 is 20.7 Å². The van der Waals surface area contributed by atoms with E-state index in [-0.39, 0.29) is 29.7 Å². The zero-order chi connectivity index (χ0) is 34.6. The summed E-state index contributed by atoms with van der Waals surface area (Å²) in [6.45, 7) is 4.13. The number of aromatic nitrogens is 4. The molecule has 254 valence electrons. The first-order valence-electron chi connectivity index (χ1n) is 16.1. The van der Waals surface area contributed by atoms with Crippen molar-refractivity contribution in [2.75, 3.05) is 45.2 Å². The number of rotatable bonds is 6. The molecule has 15 heteroatoms. The molecule has 1 aliphatic carbocycles. The summed E-state index contributed by atoms with van der Waals surface area (Å²) in [6.07, 6.45) is 2.75. The molecule has 3 aliphatic rings. The van der Waals surface area contributed by atoms with Crippen LogP contribution in [-0.2, 0) is 29.9 Å². The van der Waals surface area contributed by atoms with Crippen molar-refractivity contribution >= 4 is 34.6 Å². The molecule has 1 fully saturated rings. The highest BCUT2D eigenvalue weighted by Crippen LogP contribution is 2.40. The number of anilines is 1. The van der Waals surface area contributed by atoms with Gasteiger partial charge in [-0.25, -0.2) is 25.2 Å². The van der Waals surface area contributed by atoms with E-state index in [1.54, 1.807) is 40.1 Å². The van der Waals surface area contributed by atoms with Gasteiger partial charge in [0.25, 0.3) is 11.5 Å². The Morgan fingerprint density at radius 3 is 2.47 bits per heavy atom. The van der Waals surface area contributed by atoms with Crippen molar-refractivity contribution < 1.29 is 29.4 Å². The van der Waals surface area contributed by atoms with E-state index in [2.05, 4.69) is 9.97 Å². The third kappa shape index (κ3) is 5.49. The SMILES string of the molecule is CC[C@@]1(O)C(=O)CCc2c1cc1n(c2=O)Cc2cc3c(CN(C)C)c(OC(=O)N4CCN(c5ncc(C(=O)NO)cn5)CC4)ccc3nc2-1.